The van der Waals surface area contributed by atoms with Crippen LogP contribution in [0, 0.1) is 5.41 Å². The van der Waals surface area contributed by atoms with E-state index >= 15 is 0 Å². The number of sulfonamides is 1. The van der Waals surface area contributed by atoms with Crippen LogP contribution in [0.15, 0.2) is 33.6 Å². The molecule has 4 rings (SSSR count). The third kappa shape index (κ3) is 2.89. The highest BCUT2D eigenvalue weighted by Gasteiger charge is 2.61. The molecule has 2 aromatic rings. The van der Waals surface area contributed by atoms with E-state index in [4.69, 9.17) is 9.56 Å². The normalized spacial score (nSPS) is 26.0. The molecule has 0 bridgehead atoms. The van der Waals surface area contributed by atoms with E-state index in [-0.39, 0.29) is 22.1 Å². The predicted molar refractivity (Wildman–Crippen MR) is 92.6 cm³/mol. The van der Waals surface area contributed by atoms with Crippen LogP contribution in [-0.2, 0) is 10.0 Å². The Bertz CT molecular complexity index is 881. The summed E-state index contributed by atoms with van der Waals surface area (Å²) in [6.07, 6.45) is 4.73. The molecule has 0 aliphatic heterocycles. The molecule has 2 atom stereocenters. The van der Waals surface area contributed by atoms with Gasteiger partial charge in [-0.25, -0.2) is 13.6 Å². The lowest BCUT2D eigenvalue weighted by atomic mass is 10.0. The molecule has 0 saturated heterocycles. The van der Waals surface area contributed by atoms with Crippen LogP contribution in [0.4, 0.5) is 0 Å². The van der Waals surface area contributed by atoms with E-state index in [1.807, 2.05) is 12.1 Å². The van der Waals surface area contributed by atoms with Crippen molar-refractivity contribution in [2.24, 2.45) is 10.6 Å². The predicted octanol–water partition coefficient (Wildman–Crippen LogP) is 3.28. The Hall–Kier alpha value is -1.73. The summed E-state index contributed by atoms with van der Waals surface area (Å²) < 4.78 is 28.9. The molecule has 25 heavy (non-hydrogen) atoms. The standard InChI is InChI=1S/C18H23N3O3S/c1-18(2)14(11-7-9-13(10-8-11)25(19,22)23)15(18)17-21-20-16(24-17)12-5-3-4-6-12/h7-10,12,14-15H,3-6H2,1-2H3,(H2,19,22,23)/t14-,15+/m0/s1. The molecule has 0 spiro atoms. The molecule has 0 radical (unpaired) electrons. The first-order valence-electron chi connectivity index (χ1n) is 8.74. The molecule has 2 aliphatic carbocycles. The molecule has 1 aromatic carbocycles. The molecule has 134 valence electrons. The maximum atomic E-state index is 11.4. The van der Waals surface area contributed by atoms with Gasteiger partial charge < -0.3 is 4.42 Å². The van der Waals surface area contributed by atoms with Gasteiger partial charge in [-0.15, -0.1) is 10.2 Å². The summed E-state index contributed by atoms with van der Waals surface area (Å²) in [5, 5.41) is 13.8. The zero-order valence-corrected chi connectivity index (χ0v) is 15.3. The molecule has 2 saturated carbocycles. The number of primary sulfonamides is 1. The summed E-state index contributed by atoms with van der Waals surface area (Å²) >= 11 is 0. The van der Waals surface area contributed by atoms with Crippen LogP contribution < -0.4 is 5.14 Å². The number of benzene rings is 1. The van der Waals surface area contributed by atoms with Crippen molar-refractivity contribution in [2.75, 3.05) is 0 Å². The molecule has 2 aliphatic rings. The minimum Gasteiger partial charge on any atom is -0.425 e. The zero-order chi connectivity index (χ0) is 17.8. The van der Waals surface area contributed by atoms with Gasteiger partial charge in [-0.2, -0.15) is 0 Å². The number of hydrogen-bond donors (Lipinski definition) is 1. The minimum absolute atomic E-state index is 0.00257. The van der Waals surface area contributed by atoms with Gasteiger partial charge >= 0.3 is 0 Å². The molecular formula is C18H23N3O3S. The first-order chi connectivity index (χ1) is 11.8. The maximum absolute atomic E-state index is 11.4. The Morgan fingerprint density at radius 2 is 1.64 bits per heavy atom. The second-order valence-electron chi connectivity index (χ2n) is 7.85. The van der Waals surface area contributed by atoms with Crippen LogP contribution in [0.5, 0.6) is 0 Å². The van der Waals surface area contributed by atoms with Crippen molar-refractivity contribution in [3.05, 3.63) is 41.6 Å². The summed E-state index contributed by atoms with van der Waals surface area (Å²) in [5.74, 6) is 2.29. The van der Waals surface area contributed by atoms with E-state index in [0.717, 1.165) is 24.3 Å². The van der Waals surface area contributed by atoms with Crippen molar-refractivity contribution in [3.63, 3.8) is 0 Å². The fourth-order valence-electron chi connectivity index (χ4n) is 4.30. The van der Waals surface area contributed by atoms with E-state index in [9.17, 15) is 8.42 Å². The number of nitrogens with zero attached hydrogens (tertiary/aromatic N) is 2. The lowest BCUT2D eigenvalue weighted by Gasteiger charge is -2.04. The van der Waals surface area contributed by atoms with E-state index in [0.29, 0.717) is 11.8 Å². The van der Waals surface area contributed by atoms with Gasteiger partial charge in [0.05, 0.1) is 10.8 Å². The van der Waals surface area contributed by atoms with Crippen molar-refractivity contribution in [2.45, 2.75) is 62.2 Å². The largest absolute Gasteiger partial charge is 0.425 e. The molecule has 1 heterocycles. The summed E-state index contributed by atoms with van der Waals surface area (Å²) in [6.45, 7) is 4.35. The van der Waals surface area contributed by atoms with Gasteiger partial charge in [0.1, 0.15) is 0 Å². The molecule has 7 heteroatoms. The lowest BCUT2D eigenvalue weighted by Crippen LogP contribution is -2.11. The third-order valence-corrected chi connectivity index (χ3v) is 6.75. The van der Waals surface area contributed by atoms with Crippen LogP contribution >= 0.6 is 0 Å². The average molecular weight is 361 g/mol. The lowest BCUT2D eigenvalue weighted by molar-refractivity contribution is 0.404. The minimum atomic E-state index is -3.67. The summed E-state index contributed by atoms with van der Waals surface area (Å²) in [6, 6.07) is 6.79. The molecule has 0 amide bonds. The number of nitrogens with two attached hydrogens (primary N) is 1. The van der Waals surface area contributed by atoms with Gasteiger partial charge in [0.2, 0.25) is 21.8 Å². The van der Waals surface area contributed by atoms with Crippen molar-refractivity contribution in [1.29, 1.82) is 0 Å². The Labute approximate surface area is 147 Å². The summed E-state index contributed by atoms with van der Waals surface area (Å²) in [5.41, 5.74) is 1.07. The van der Waals surface area contributed by atoms with Gasteiger partial charge in [0, 0.05) is 11.8 Å². The van der Waals surface area contributed by atoms with Crippen LogP contribution in [0.25, 0.3) is 0 Å². The Morgan fingerprint density at radius 1 is 1.04 bits per heavy atom. The first kappa shape index (κ1) is 16.7. The Balaban J connectivity index is 1.57. The number of hydrogen-bond acceptors (Lipinski definition) is 5. The fraction of sp³-hybridized carbons (Fsp3) is 0.556. The van der Waals surface area contributed by atoms with E-state index in [2.05, 4.69) is 24.0 Å². The summed E-state index contributed by atoms with van der Waals surface area (Å²) in [7, 11) is -3.67. The van der Waals surface area contributed by atoms with Gasteiger partial charge in [0.25, 0.3) is 0 Å². The van der Waals surface area contributed by atoms with Crippen molar-refractivity contribution in [3.8, 4) is 0 Å². The molecule has 6 nitrogen and oxygen atoms in total. The van der Waals surface area contributed by atoms with Gasteiger partial charge in [-0.3, -0.25) is 0 Å². The van der Waals surface area contributed by atoms with Crippen LogP contribution in [0.2, 0.25) is 0 Å². The molecule has 0 unspecified atom stereocenters. The zero-order valence-electron chi connectivity index (χ0n) is 14.5. The smallest absolute Gasteiger partial charge is 0.238 e. The summed E-state index contributed by atoms with van der Waals surface area (Å²) in [4.78, 5) is 0.132. The SMILES string of the molecule is CC1(C)[C@@H](c2ccc(S(N)(=O)=O)cc2)[C@@H]1c1nnc(C2CCCC2)o1. The highest BCUT2D eigenvalue weighted by molar-refractivity contribution is 7.89. The van der Waals surface area contributed by atoms with Crippen LogP contribution in [-0.4, -0.2) is 18.6 Å². The van der Waals surface area contributed by atoms with Gasteiger partial charge in [0.15, 0.2) is 0 Å². The quantitative estimate of drug-likeness (QED) is 0.901. The van der Waals surface area contributed by atoms with Gasteiger partial charge in [-0.05, 0) is 36.0 Å². The van der Waals surface area contributed by atoms with E-state index < -0.39 is 10.0 Å². The highest BCUT2D eigenvalue weighted by Crippen LogP contribution is 2.69. The monoisotopic (exact) mass is 361 g/mol. The molecule has 1 aromatic heterocycles. The second-order valence-corrected chi connectivity index (χ2v) is 9.41. The van der Waals surface area contributed by atoms with E-state index in [1.54, 1.807) is 12.1 Å². The number of aromatic nitrogens is 2. The van der Waals surface area contributed by atoms with Crippen molar-refractivity contribution < 1.29 is 12.8 Å². The Kier molecular flexibility index (Phi) is 3.77. The Morgan fingerprint density at radius 3 is 2.24 bits per heavy atom. The number of rotatable bonds is 4. The van der Waals surface area contributed by atoms with Crippen molar-refractivity contribution >= 4 is 10.0 Å². The van der Waals surface area contributed by atoms with Crippen LogP contribution in [0.3, 0.4) is 0 Å². The van der Waals surface area contributed by atoms with Crippen molar-refractivity contribution in [1.82, 2.24) is 10.2 Å². The third-order valence-electron chi connectivity index (χ3n) is 5.82. The second kappa shape index (κ2) is 5.64. The topological polar surface area (TPSA) is 99.1 Å². The van der Waals surface area contributed by atoms with Crippen LogP contribution in [0.1, 0.15) is 74.6 Å². The molecular weight excluding hydrogens is 338 g/mol. The maximum Gasteiger partial charge on any atom is 0.238 e. The fourth-order valence-corrected chi connectivity index (χ4v) is 4.81. The molecule has 2 N–H and O–H groups in total. The van der Waals surface area contributed by atoms with Gasteiger partial charge in [-0.1, -0.05) is 38.8 Å². The highest BCUT2D eigenvalue weighted by atomic mass is 32.2. The average Bonchev–Trinajstić information content (AvgIpc) is 3.03. The first-order valence-corrected chi connectivity index (χ1v) is 10.3. The molecule has 2 fully saturated rings. The van der Waals surface area contributed by atoms with E-state index in [1.165, 1.54) is 12.8 Å².